The fourth-order valence-electron chi connectivity index (χ4n) is 6.76. The number of likely N-dealkylation sites (tertiary alicyclic amines) is 1. The van der Waals surface area contributed by atoms with E-state index in [0.717, 1.165) is 10.9 Å². The summed E-state index contributed by atoms with van der Waals surface area (Å²) >= 11 is 8.28. The number of carboxylic acid groups (broad SMARTS) is 1. The van der Waals surface area contributed by atoms with Gasteiger partial charge < -0.3 is 68.2 Å². The van der Waals surface area contributed by atoms with Crippen molar-refractivity contribution in [1.29, 1.82) is 0 Å². The topological polar surface area (TPSA) is 344 Å². The first-order valence-electron chi connectivity index (χ1n) is 20.6. The summed E-state index contributed by atoms with van der Waals surface area (Å²) in [6.45, 7) is 6.65. The number of carbonyl (C=O) groups excluding carboxylic acids is 8. The van der Waals surface area contributed by atoms with Crippen LogP contribution < -0.4 is 43.0 Å². The van der Waals surface area contributed by atoms with Crippen LogP contribution >= 0.6 is 25.3 Å². The number of H-pyrrole nitrogens is 1. The predicted octanol–water partition coefficient (Wildman–Crippen LogP) is -3.56. The number of hydrogen-bond acceptors (Lipinski definition) is 14. The number of nitrogens with one attached hydrogen (secondary N) is 8. The van der Waals surface area contributed by atoms with E-state index in [9.17, 15) is 58.5 Å². The zero-order valence-corrected chi connectivity index (χ0v) is 37.9. The highest BCUT2D eigenvalue weighted by Crippen LogP contribution is 2.20. The molecule has 354 valence electrons. The van der Waals surface area contributed by atoms with Gasteiger partial charge in [0.2, 0.25) is 47.3 Å². The van der Waals surface area contributed by atoms with Crippen LogP contribution in [0, 0.1) is 5.92 Å². The standard InChI is InChI=1S/C40H60N10O12S2/c1-18(2)30(47-35(56)25(13-22-14-42-24-10-7-6-9-23(22)24)44-39(60)31(20(4)51)48-33(54)19(3)41)38(59)46-26(16-63)34(55)43-15-29(53)50-12-8-11-28(50)37(58)45-27(17-64)36(57)49-32(21(5)52)40(61)62/h6-7,9-10,14,18-21,25-28,30-32,42,51-52,63-64H,8,11-13,15-17,41H2,1-5H3,(H,43,55)(H,44,60)(H,45,58)(H,46,59)(H,47,56)(H,48,54)(H,49,57)(H,61,62)/t19-,20+,21+,25-,26-,27-,28-,30-,31-,32-/m0/s1. The van der Waals surface area contributed by atoms with Gasteiger partial charge >= 0.3 is 5.97 Å². The van der Waals surface area contributed by atoms with Crippen LogP contribution in [0.3, 0.4) is 0 Å². The minimum absolute atomic E-state index is 0.0840. The number of carboxylic acids is 1. The van der Waals surface area contributed by atoms with E-state index in [1.807, 2.05) is 18.2 Å². The third-order valence-corrected chi connectivity index (χ3v) is 11.2. The van der Waals surface area contributed by atoms with E-state index < -0.39 is 126 Å². The molecule has 3 rings (SSSR count). The minimum atomic E-state index is -1.65. The molecule has 0 radical (unpaired) electrons. The maximum absolute atomic E-state index is 14.0. The van der Waals surface area contributed by atoms with Gasteiger partial charge in [0.05, 0.1) is 24.8 Å². The van der Waals surface area contributed by atoms with Crippen LogP contribution in [0.2, 0.25) is 0 Å². The third-order valence-electron chi connectivity index (χ3n) is 10.4. The molecule has 0 saturated carbocycles. The van der Waals surface area contributed by atoms with Crippen molar-refractivity contribution in [3.63, 3.8) is 0 Å². The van der Waals surface area contributed by atoms with E-state index in [4.69, 9.17) is 5.73 Å². The Bertz CT molecular complexity index is 2010. The van der Waals surface area contributed by atoms with Crippen LogP contribution in [0.25, 0.3) is 10.9 Å². The molecule has 0 aliphatic carbocycles. The number of nitrogens with two attached hydrogens (primary N) is 1. The van der Waals surface area contributed by atoms with E-state index in [2.05, 4.69) is 67.5 Å². The van der Waals surface area contributed by atoms with Crippen LogP contribution in [0.15, 0.2) is 30.5 Å². The van der Waals surface area contributed by atoms with Gasteiger partial charge in [-0.15, -0.1) is 0 Å². The van der Waals surface area contributed by atoms with E-state index in [1.54, 1.807) is 26.1 Å². The molecule has 1 aromatic heterocycles. The Morgan fingerprint density at radius 3 is 1.86 bits per heavy atom. The molecule has 1 saturated heterocycles. The highest BCUT2D eigenvalue weighted by Gasteiger charge is 2.38. The molecule has 2 heterocycles. The highest BCUT2D eigenvalue weighted by molar-refractivity contribution is 7.80. The molecule has 1 aromatic carbocycles. The summed E-state index contributed by atoms with van der Waals surface area (Å²) < 4.78 is 0. The largest absolute Gasteiger partial charge is 0.480 e. The van der Waals surface area contributed by atoms with E-state index in [0.29, 0.717) is 12.0 Å². The van der Waals surface area contributed by atoms with Gasteiger partial charge in [-0.25, -0.2) is 4.79 Å². The van der Waals surface area contributed by atoms with Crippen molar-refractivity contribution < 1.29 is 58.5 Å². The first-order valence-corrected chi connectivity index (χ1v) is 21.9. The summed E-state index contributed by atoms with van der Waals surface area (Å²) in [5.74, 6) is -8.87. The average Bonchev–Trinajstić information content (AvgIpc) is 3.90. The first kappa shape index (κ1) is 52.9. The predicted molar refractivity (Wildman–Crippen MR) is 239 cm³/mol. The van der Waals surface area contributed by atoms with Gasteiger partial charge in [0.25, 0.3) is 0 Å². The number of aromatic nitrogens is 1. The number of thiol groups is 2. The fourth-order valence-corrected chi connectivity index (χ4v) is 7.27. The Morgan fingerprint density at radius 1 is 0.734 bits per heavy atom. The Hall–Kier alpha value is -5.43. The zero-order chi connectivity index (χ0) is 48.0. The number of aromatic amines is 1. The van der Waals surface area contributed by atoms with Crippen molar-refractivity contribution in [3.05, 3.63) is 36.0 Å². The molecule has 0 spiro atoms. The molecule has 1 aliphatic heterocycles. The van der Waals surface area contributed by atoms with Crippen molar-refractivity contribution >= 4 is 89.4 Å². The smallest absolute Gasteiger partial charge is 0.328 e. The molecule has 13 N–H and O–H groups in total. The molecule has 2 aromatic rings. The van der Waals surface area contributed by atoms with Crippen LogP contribution in [0.1, 0.15) is 53.0 Å². The van der Waals surface area contributed by atoms with Crippen LogP contribution in [-0.2, 0) is 49.6 Å². The van der Waals surface area contributed by atoms with Crippen LogP contribution in [0.4, 0.5) is 0 Å². The number of para-hydroxylation sites is 1. The first-order chi connectivity index (χ1) is 30.1. The Kier molecular flexibility index (Phi) is 20.3. The Morgan fingerprint density at radius 2 is 1.28 bits per heavy atom. The maximum atomic E-state index is 14.0. The molecule has 64 heavy (non-hydrogen) atoms. The lowest BCUT2D eigenvalue weighted by atomic mass is 10.00. The van der Waals surface area contributed by atoms with Gasteiger partial charge in [0.1, 0.15) is 36.3 Å². The molecule has 1 fully saturated rings. The summed E-state index contributed by atoms with van der Waals surface area (Å²) in [5.41, 5.74) is 7.03. The second kappa shape index (κ2) is 24.6. The molecule has 22 nitrogen and oxygen atoms in total. The van der Waals surface area contributed by atoms with Crippen molar-refractivity contribution in [2.45, 2.75) is 114 Å². The van der Waals surface area contributed by atoms with Gasteiger partial charge in [-0.1, -0.05) is 32.0 Å². The number of rotatable bonds is 23. The second-order valence-electron chi connectivity index (χ2n) is 15.9. The number of amides is 8. The van der Waals surface area contributed by atoms with Crippen LogP contribution in [0.5, 0.6) is 0 Å². The van der Waals surface area contributed by atoms with Crippen molar-refractivity contribution in [1.82, 2.24) is 47.1 Å². The Balaban J connectivity index is 1.70. The van der Waals surface area contributed by atoms with Crippen molar-refractivity contribution in [2.24, 2.45) is 11.7 Å². The highest BCUT2D eigenvalue weighted by atomic mass is 32.1. The fraction of sp³-hybridized carbons (Fsp3) is 0.575. The molecule has 24 heteroatoms. The van der Waals surface area contributed by atoms with Gasteiger partial charge in [0.15, 0.2) is 6.04 Å². The van der Waals surface area contributed by atoms with Gasteiger partial charge in [-0.05, 0) is 51.2 Å². The molecule has 8 amide bonds. The number of aliphatic hydroxyl groups is 2. The Labute approximate surface area is 380 Å². The molecule has 1 aliphatic rings. The van der Waals surface area contributed by atoms with E-state index in [-0.39, 0.29) is 30.9 Å². The summed E-state index contributed by atoms with van der Waals surface area (Å²) in [4.78, 5) is 122. The monoisotopic (exact) mass is 936 g/mol. The number of fused-ring (bicyclic) bond motifs is 1. The van der Waals surface area contributed by atoms with Crippen LogP contribution in [-0.4, -0.2) is 164 Å². The van der Waals surface area contributed by atoms with E-state index in [1.165, 1.54) is 25.7 Å². The lowest BCUT2D eigenvalue weighted by Crippen LogP contribution is -2.61. The third kappa shape index (κ3) is 14.6. The number of benzene rings is 1. The molecule has 0 unspecified atom stereocenters. The molecule has 0 bridgehead atoms. The number of hydrogen-bond donors (Lipinski definition) is 14. The quantitative estimate of drug-likeness (QED) is 0.0481. The van der Waals surface area contributed by atoms with Crippen molar-refractivity contribution in [2.75, 3.05) is 24.6 Å². The van der Waals surface area contributed by atoms with Gasteiger partial charge in [-0.3, -0.25) is 38.4 Å². The van der Waals surface area contributed by atoms with Gasteiger partial charge in [-0.2, -0.15) is 25.3 Å². The lowest BCUT2D eigenvalue weighted by molar-refractivity contribution is -0.145. The second-order valence-corrected chi connectivity index (χ2v) is 16.6. The number of aliphatic carboxylic acids is 1. The summed E-state index contributed by atoms with van der Waals surface area (Å²) in [7, 11) is 0. The maximum Gasteiger partial charge on any atom is 0.328 e. The number of aliphatic hydroxyl groups excluding tert-OH is 2. The molecule has 10 atom stereocenters. The molecular formula is C40H60N10O12S2. The number of nitrogens with zero attached hydrogens (tertiary/aromatic N) is 1. The van der Waals surface area contributed by atoms with E-state index >= 15 is 0 Å². The lowest BCUT2D eigenvalue weighted by Gasteiger charge is -2.29. The normalized spacial score (nSPS) is 17.9. The molecular weight excluding hydrogens is 877 g/mol. The van der Waals surface area contributed by atoms with Crippen molar-refractivity contribution in [3.8, 4) is 0 Å². The summed E-state index contributed by atoms with van der Waals surface area (Å²) in [6.07, 6.45) is -0.627. The van der Waals surface area contributed by atoms with Gasteiger partial charge in [0, 0.05) is 41.6 Å². The minimum Gasteiger partial charge on any atom is -0.480 e. The summed E-state index contributed by atoms with van der Waals surface area (Å²) in [5, 5.41) is 47.3. The SMILES string of the molecule is CC(C)[C@H](NC(=O)[C@H](Cc1c[nH]c2ccccc12)NC(=O)[C@@H](NC(=O)[C@H](C)N)[C@@H](C)O)C(=O)N[C@@H](CS)C(=O)NCC(=O)N1CCC[C@H]1C(=O)N[C@@H](CS)C(=O)N[C@H](C(=O)O)[C@@H](C)O. The average molecular weight is 937 g/mol. The summed E-state index contributed by atoms with van der Waals surface area (Å²) in [6, 6.07) is -3.19. The zero-order valence-electron chi connectivity index (χ0n) is 36.1. The number of carbonyl (C=O) groups is 9.